The molecule has 132 valence electrons. The van der Waals surface area contributed by atoms with E-state index in [2.05, 4.69) is 22.6 Å². The van der Waals surface area contributed by atoms with Crippen molar-refractivity contribution in [2.75, 3.05) is 19.8 Å². The van der Waals surface area contributed by atoms with E-state index in [1.54, 1.807) is 0 Å². The molecule has 0 amide bonds. The van der Waals surface area contributed by atoms with Gasteiger partial charge in [-0.05, 0) is 47.5 Å². The Balaban J connectivity index is 4.05. The normalized spacial score (nSPS) is 12.6. The van der Waals surface area contributed by atoms with Crippen molar-refractivity contribution in [2.45, 2.75) is 76.2 Å². The van der Waals surface area contributed by atoms with E-state index in [0.29, 0.717) is 32.0 Å². The average molecular weight is 444 g/mol. The van der Waals surface area contributed by atoms with Gasteiger partial charge in [0.1, 0.15) is 5.78 Å². The minimum atomic E-state index is -2.48. The lowest BCUT2D eigenvalue weighted by Gasteiger charge is -2.28. The molecule has 0 aromatic rings. The highest BCUT2D eigenvalue weighted by atomic mass is 127. The van der Waals surface area contributed by atoms with Gasteiger partial charge in [-0.1, -0.05) is 35.4 Å². The first-order valence-electron chi connectivity index (χ1n) is 8.45. The third-order valence-corrected chi connectivity index (χ3v) is 7.15. The summed E-state index contributed by atoms with van der Waals surface area (Å²) in [6.07, 6.45) is 4.86. The van der Waals surface area contributed by atoms with Crippen LogP contribution in [0.15, 0.2) is 0 Å². The molecule has 0 N–H and O–H groups in total. The third kappa shape index (κ3) is 9.59. The van der Waals surface area contributed by atoms with Gasteiger partial charge in [0.15, 0.2) is 0 Å². The van der Waals surface area contributed by atoms with E-state index in [9.17, 15) is 4.79 Å². The number of alkyl halides is 1. The number of carbonyl (C=O) groups is 1. The maximum absolute atomic E-state index is 11.9. The molecule has 0 aromatic heterocycles. The highest BCUT2D eigenvalue weighted by Crippen LogP contribution is 2.23. The van der Waals surface area contributed by atoms with E-state index in [-0.39, 0.29) is 3.42 Å². The van der Waals surface area contributed by atoms with Gasteiger partial charge in [-0.25, -0.2) is 0 Å². The van der Waals surface area contributed by atoms with Crippen LogP contribution in [-0.4, -0.2) is 37.8 Å². The number of hydrogen-bond donors (Lipinski definition) is 0. The molecular formula is C16H33IO4Si. The maximum Gasteiger partial charge on any atom is 0.500 e. The van der Waals surface area contributed by atoms with Crippen LogP contribution >= 0.6 is 22.6 Å². The zero-order valence-corrected chi connectivity index (χ0v) is 18.0. The molecule has 22 heavy (non-hydrogen) atoms. The number of rotatable bonds is 14. The van der Waals surface area contributed by atoms with Crippen LogP contribution in [0.4, 0.5) is 0 Å². The van der Waals surface area contributed by atoms with Crippen molar-refractivity contribution in [1.29, 1.82) is 0 Å². The minimum Gasteiger partial charge on any atom is -0.374 e. The average Bonchev–Trinajstić information content (AvgIpc) is 2.42. The van der Waals surface area contributed by atoms with Gasteiger partial charge in [-0.15, -0.1) is 0 Å². The first kappa shape index (κ1) is 22.5. The lowest BCUT2D eigenvalue weighted by molar-refractivity contribution is -0.120. The Bertz CT molecular complexity index is 288. The summed E-state index contributed by atoms with van der Waals surface area (Å²) in [5.74, 6) is 0.342. The van der Waals surface area contributed by atoms with E-state index >= 15 is 0 Å². The summed E-state index contributed by atoms with van der Waals surface area (Å²) in [4.78, 5) is 11.9. The van der Waals surface area contributed by atoms with Crippen LogP contribution < -0.4 is 0 Å². The van der Waals surface area contributed by atoms with Gasteiger partial charge in [0, 0.05) is 32.3 Å². The summed E-state index contributed by atoms with van der Waals surface area (Å²) in [7, 11) is -2.48. The topological polar surface area (TPSA) is 44.8 Å². The molecule has 6 heteroatoms. The van der Waals surface area contributed by atoms with Gasteiger partial charge < -0.3 is 13.3 Å². The summed E-state index contributed by atoms with van der Waals surface area (Å²) < 4.78 is 17.3. The second-order valence-electron chi connectivity index (χ2n) is 5.79. The maximum atomic E-state index is 11.9. The van der Waals surface area contributed by atoms with Crippen LogP contribution in [-0.2, 0) is 18.1 Å². The first-order chi connectivity index (χ1) is 10.3. The zero-order chi connectivity index (χ0) is 17.1. The molecule has 0 radical (unpaired) electrons. The Morgan fingerprint density at radius 3 is 1.77 bits per heavy atom. The second kappa shape index (κ2) is 11.9. The Morgan fingerprint density at radius 2 is 1.36 bits per heavy atom. The van der Waals surface area contributed by atoms with Crippen LogP contribution in [0, 0.1) is 0 Å². The number of carbonyl (C=O) groups excluding carboxylic acids is 1. The number of halogens is 1. The van der Waals surface area contributed by atoms with E-state index in [1.165, 1.54) is 0 Å². The highest BCUT2D eigenvalue weighted by molar-refractivity contribution is 14.1. The first-order valence-corrected chi connectivity index (χ1v) is 11.5. The molecule has 0 atom stereocenters. The monoisotopic (exact) mass is 444 g/mol. The standard InChI is InChI=1S/C16H33IO4Si/c1-6-19-22(20-7-2,21-8-3)14-12-10-9-11-13-15(18)16(4,5)17/h6-14H2,1-5H3. The Labute approximate surface area is 151 Å². The molecule has 0 unspecified atom stereocenters. The van der Waals surface area contributed by atoms with Crippen LogP contribution in [0.2, 0.25) is 6.04 Å². The van der Waals surface area contributed by atoms with Gasteiger partial charge in [0.25, 0.3) is 0 Å². The van der Waals surface area contributed by atoms with Crippen LogP contribution in [0.5, 0.6) is 0 Å². The summed E-state index contributed by atoms with van der Waals surface area (Å²) in [5.41, 5.74) is 0. The molecule has 4 nitrogen and oxygen atoms in total. The van der Waals surface area contributed by atoms with Gasteiger partial charge in [0.05, 0.1) is 3.42 Å². The van der Waals surface area contributed by atoms with E-state index in [0.717, 1.165) is 31.7 Å². The van der Waals surface area contributed by atoms with E-state index in [1.807, 2.05) is 34.6 Å². The number of unbranched alkanes of at least 4 members (excludes halogenated alkanes) is 3. The lowest BCUT2D eigenvalue weighted by Crippen LogP contribution is -2.45. The predicted octanol–water partition coefficient (Wildman–Crippen LogP) is 4.77. The fraction of sp³-hybridized carbons (Fsp3) is 0.938. The van der Waals surface area contributed by atoms with Gasteiger partial charge in [-0.3, -0.25) is 4.79 Å². The predicted molar refractivity (Wildman–Crippen MR) is 102 cm³/mol. The van der Waals surface area contributed by atoms with E-state index in [4.69, 9.17) is 13.3 Å². The Kier molecular flexibility index (Phi) is 12.2. The molecular weight excluding hydrogens is 411 g/mol. The molecule has 0 aliphatic carbocycles. The summed E-state index contributed by atoms with van der Waals surface area (Å²) in [5, 5.41) is 0. The van der Waals surface area contributed by atoms with Crippen molar-refractivity contribution in [3.05, 3.63) is 0 Å². The molecule has 0 bridgehead atoms. The SMILES string of the molecule is CCO[Si](CCCCCCC(=O)C(C)(C)I)(OCC)OCC. The van der Waals surface area contributed by atoms with Crippen LogP contribution in [0.3, 0.4) is 0 Å². The van der Waals surface area contributed by atoms with Crippen molar-refractivity contribution in [3.8, 4) is 0 Å². The molecule has 0 spiro atoms. The molecule has 0 rings (SSSR count). The smallest absolute Gasteiger partial charge is 0.374 e. The fourth-order valence-electron chi connectivity index (χ4n) is 2.28. The molecule has 0 heterocycles. The summed E-state index contributed by atoms with van der Waals surface area (Å²) >= 11 is 2.22. The summed E-state index contributed by atoms with van der Waals surface area (Å²) in [6.45, 7) is 11.8. The second-order valence-corrected chi connectivity index (χ2v) is 11.2. The van der Waals surface area contributed by atoms with Gasteiger partial charge in [-0.2, -0.15) is 0 Å². The molecule has 0 saturated heterocycles. The molecule has 0 saturated carbocycles. The van der Waals surface area contributed by atoms with Crippen LogP contribution in [0.1, 0.15) is 66.7 Å². The summed E-state index contributed by atoms with van der Waals surface area (Å²) in [6, 6.07) is 0.869. The van der Waals surface area contributed by atoms with Crippen molar-refractivity contribution in [1.82, 2.24) is 0 Å². The van der Waals surface area contributed by atoms with Crippen molar-refractivity contribution in [2.24, 2.45) is 0 Å². The largest absolute Gasteiger partial charge is 0.500 e. The Hall–Kier alpha value is 0.497. The van der Waals surface area contributed by atoms with Gasteiger partial charge in [0.2, 0.25) is 0 Å². The van der Waals surface area contributed by atoms with Crippen molar-refractivity contribution < 1.29 is 18.1 Å². The quantitative estimate of drug-likeness (QED) is 0.168. The fourth-order valence-corrected chi connectivity index (χ4v) is 5.23. The molecule has 0 aliphatic rings. The third-order valence-electron chi connectivity index (χ3n) is 3.39. The van der Waals surface area contributed by atoms with E-state index < -0.39 is 8.80 Å². The molecule has 0 aliphatic heterocycles. The van der Waals surface area contributed by atoms with Crippen LogP contribution in [0.25, 0.3) is 0 Å². The lowest BCUT2D eigenvalue weighted by atomic mass is 10.0. The molecule has 0 fully saturated rings. The number of hydrogen-bond acceptors (Lipinski definition) is 4. The highest BCUT2D eigenvalue weighted by Gasteiger charge is 2.39. The zero-order valence-electron chi connectivity index (χ0n) is 14.9. The van der Waals surface area contributed by atoms with Crippen molar-refractivity contribution in [3.63, 3.8) is 0 Å². The minimum absolute atomic E-state index is 0.237. The van der Waals surface area contributed by atoms with Gasteiger partial charge >= 0.3 is 8.80 Å². The van der Waals surface area contributed by atoms with Crippen molar-refractivity contribution >= 4 is 37.2 Å². The molecule has 0 aromatic carbocycles. The Morgan fingerprint density at radius 1 is 0.909 bits per heavy atom. The number of ketones is 1. The number of Topliss-reactive ketones (excluding diaryl/α,β-unsaturated/α-hetero) is 1.